The summed E-state index contributed by atoms with van der Waals surface area (Å²) < 4.78 is 15.9. The minimum atomic E-state index is -0.912. The summed E-state index contributed by atoms with van der Waals surface area (Å²) in [4.78, 5) is 39.0. The Labute approximate surface area is 182 Å². The Kier molecular flexibility index (Phi) is 6.83. The van der Waals surface area contributed by atoms with Crippen LogP contribution in [0.3, 0.4) is 0 Å². The van der Waals surface area contributed by atoms with Gasteiger partial charge in [0.1, 0.15) is 11.7 Å². The largest absolute Gasteiger partial charge is 0.494 e. The molecule has 7 heteroatoms. The summed E-state index contributed by atoms with van der Waals surface area (Å²) in [5.41, 5.74) is 2.88. The molecule has 0 bridgehead atoms. The molecular formula is C24H29NO6. The zero-order valence-electron chi connectivity index (χ0n) is 18.6. The van der Waals surface area contributed by atoms with Gasteiger partial charge in [-0.3, -0.25) is 9.59 Å². The fourth-order valence-electron chi connectivity index (χ4n) is 4.44. The molecule has 2 aliphatic rings. The fraction of sp³-hybridized carbons (Fsp3) is 0.458. The van der Waals surface area contributed by atoms with Gasteiger partial charge in [-0.05, 0) is 50.8 Å². The number of carbonyl (C=O) groups is 3. The normalized spacial score (nSPS) is 23.1. The first kappa shape index (κ1) is 22.6. The molecule has 3 atom stereocenters. The van der Waals surface area contributed by atoms with Crippen LogP contribution in [0.5, 0.6) is 5.75 Å². The lowest BCUT2D eigenvalue weighted by molar-refractivity contribution is -0.151. The molecule has 0 unspecified atom stereocenters. The number of hydrogen-bond acceptors (Lipinski definition) is 7. The lowest BCUT2D eigenvalue weighted by Gasteiger charge is -2.38. The number of methoxy groups -OCH3 is 1. The predicted molar refractivity (Wildman–Crippen MR) is 114 cm³/mol. The van der Waals surface area contributed by atoms with Crippen LogP contribution >= 0.6 is 0 Å². The van der Waals surface area contributed by atoms with Crippen LogP contribution in [0.25, 0.3) is 0 Å². The number of allylic oxidation sites excluding steroid dienone is 3. The van der Waals surface area contributed by atoms with Crippen molar-refractivity contribution >= 4 is 17.7 Å². The van der Waals surface area contributed by atoms with E-state index in [0.29, 0.717) is 35.6 Å². The summed E-state index contributed by atoms with van der Waals surface area (Å²) in [6.45, 7) is 7.98. The average molecular weight is 427 g/mol. The van der Waals surface area contributed by atoms with Crippen molar-refractivity contribution in [1.29, 1.82) is 0 Å². The summed E-state index contributed by atoms with van der Waals surface area (Å²) in [5, 5.41) is 3.24. The van der Waals surface area contributed by atoms with Gasteiger partial charge < -0.3 is 19.5 Å². The summed E-state index contributed by atoms with van der Waals surface area (Å²) in [7, 11) is 1.28. The van der Waals surface area contributed by atoms with E-state index < -0.39 is 23.8 Å². The maximum atomic E-state index is 13.6. The van der Waals surface area contributed by atoms with Crippen LogP contribution in [-0.2, 0) is 23.9 Å². The van der Waals surface area contributed by atoms with Crippen LogP contribution in [0.4, 0.5) is 0 Å². The number of carbonyl (C=O) groups excluding carboxylic acids is 3. The van der Waals surface area contributed by atoms with Crippen molar-refractivity contribution in [2.45, 2.75) is 40.0 Å². The number of Topliss-reactive ketones (excluding diaryl/α,β-unsaturated/α-hetero) is 1. The molecule has 1 aliphatic carbocycles. The second-order valence-electron chi connectivity index (χ2n) is 7.76. The van der Waals surface area contributed by atoms with Crippen molar-refractivity contribution in [3.8, 4) is 5.75 Å². The predicted octanol–water partition coefficient (Wildman–Crippen LogP) is 3.26. The van der Waals surface area contributed by atoms with E-state index in [1.54, 1.807) is 13.8 Å². The average Bonchev–Trinajstić information content (AvgIpc) is 2.73. The van der Waals surface area contributed by atoms with Crippen molar-refractivity contribution in [3.05, 3.63) is 52.4 Å². The lowest BCUT2D eigenvalue weighted by Crippen LogP contribution is -2.43. The third-order valence-corrected chi connectivity index (χ3v) is 5.74. The van der Waals surface area contributed by atoms with E-state index >= 15 is 0 Å². The first-order valence-corrected chi connectivity index (χ1v) is 10.6. The standard InChI is InChI=1S/C24H29NO6/c1-6-30-16-10-8-9-15(12-16)20-19(24(28)31-7-2)14(4)25-17-11-13(3)18(23(27)29-5)22(26)21(17)20/h8-10,12-13,18,20,25H,6-7,11H2,1-5H3/t13-,18-,20+/m0/s1. The van der Waals surface area contributed by atoms with E-state index in [1.807, 2.05) is 38.1 Å². The second-order valence-corrected chi connectivity index (χ2v) is 7.76. The number of hydrogen-bond donors (Lipinski definition) is 1. The molecule has 31 heavy (non-hydrogen) atoms. The molecule has 166 valence electrons. The monoisotopic (exact) mass is 427 g/mol. The summed E-state index contributed by atoms with van der Waals surface area (Å²) >= 11 is 0. The number of nitrogens with one attached hydrogen (secondary N) is 1. The summed E-state index contributed by atoms with van der Waals surface area (Å²) in [6.07, 6.45) is 0.496. The molecule has 1 heterocycles. The molecule has 7 nitrogen and oxygen atoms in total. The molecule has 0 fully saturated rings. The third kappa shape index (κ3) is 4.22. The molecule has 1 N–H and O–H groups in total. The minimum absolute atomic E-state index is 0.211. The van der Waals surface area contributed by atoms with Gasteiger partial charge in [-0.15, -0.1) is 0 Å². The number of rotatable bonds is 6. The number of dihydropyridines is 1. The van der Waals surface area contributed by atoms with Gasteiger partial charge in [0.05, 0.1) is 25.9 Å². The highest BCUT2D eigenvalue weighted by molar-refractivity contribution is 6.12. The van der Waals surface area contributed by atoms with Gasteiger partial charge in [-0.25, -0.2) is 4.79 Å². The number of esters is 2. The van der Waals surface area contributed by atoms with Gasteiger partial charge in [0, 0.05) is 22.9 Å². The highest BCUT2D eigenvalue weighted by Crippen LogP contribution is 2.45. The van der Waals surface area contributed by atoms with E-state index in [9.17, 15) is 14.4 Å². The Morgan fingerprint density at radius 2 is 1.94 bits per heavy atom. The molecule has 0 spiro atoms. The smallest absolute Gasteiger partial charge is 0.336 e. The van der Waals surface area contributed by atoms with Crippen molar-refractivity contribution in [3.63, 3.8) is 0 Å². The van der Waals surface area contributed by atoms with E-state index in [2.05, 4.69) is 5.32 Å². The van der Waals surface area contributed by atoms with Crippen molar-refractivity contribution in [2.75, 3.05) is 20.3 Å². The molecule has 3 rings (SSSR count). The molecule has 1 aliphatic heterocycles. The van der Waals surface area contributed by atoms with Crippen molar-refractivity contribution in [1.82, 2.24) is 5.32 Å². The number of benzene rings is 1. The van der Waals surface area contributed by atoms with E-state index in [4.69, 9.17) is 14.2 Å². The molecule has 0 saturated carbocycles. The molecule has 1 aromatic carbocycles. The van der Waals surface area contributed by atoms with Crippen LogP contribution in [-0.4, -0.2) is 38.0 Å². The van der Waals surface area contributed by atoms with Crippen LogP contribution < -0.4 is 10.1 Å². The Bertz CT molecular complexity index is 961. The van der Waals surface area contributed by atoms with E-state index in [-0.39, 0.29) is 18.3 Å². The highest BCUT2D eigenvalue weighted by Gasteiger charge is 2.47. The molecule has 0 aromatic heterocycles. The van der Waals surface area contributed by atoms with Crippen LogP contribution in [0.1, 0.15) is 45.6 Å². The maximum Gasteiger partial charge on any atom is 0.336 e. The van der Waals surface area contributed by atoms with Crippen LogP contribution in [0, 0.1) is 11.8 Å². The van der Waals surface area contributed by atoms with Crippen molar-refractivity contribution in [2.24, 2.45) is 11.8 Å². The van der Waals surface area contributed by atoms with Gasteiger partial charge in [0.25, 0.3) is 0 Å². The van der Waals surface area contributed by atoms with E-state index in [0.717, 1.165) is 11.3 Å². The van der Waals surface area contributed by atoms with E-state index in [1.165, 1.54) is 7.11 Å². The maximum absolute atomic E-state index is 13.6. The quantitative estimate of drug-likeness (QED) is 0.550. The van der Waals surface area contributed by atoms with Gasteiger partial charge in [-0.2, -0.15) is 0 Å². The number of ether oxygens (including phenoxy) is 3. The highest BCUT2D eigenvalue weighted by atomic mass is 16.5. The number of ketones is 1. The van der Waals surface area contributed by atoms with Crippen LogP contribution in [0.2, 0.25) is 0 Å². The minimum Gasteiger partial charge on any atom is -0.494 e. The Morgan fingerprint density at radius 1 is 1.19 bits per heavy atom. The topological polar surface area (TPSA) is 90.9 Å². The van der Waals surface area contributed by atoms with Crippen LogP contribution in [0.15, 0.2) is 46.8 Å². The zero-order chi connectivity index (χ0) is 22.7. The van der Waals surface area contributed by atoms with Gasteiger partial charge in [0.2, 0.25) is 0 Å². The first-order chi connectivity index (χ1) is 14.8. The fourth-order valence-corrected chi connectivity index (χ4v) is 4.44. The summed E-state index contributed by atoms with van der Waals surface area (Å²) in [5.74, 6) is -2.54. The van der Waals surface area contributed by atoms with Gasteiger partial charge in [0.15, 0.2) is 5.78 Å². The van der Waals surface area contributed by atoms with Gasteiger partial charge >= 0.3 is 11.9 Å². The van der Waals surface area contributed by atoms with Crippen molar-refractivity contribution < 1.29 is 28.6 Å². The third-order valence-electron chi connectivity index (χ3n) is 5.74. The Morgan fingerprint density at radius 3 is 2.58 bits per heavy atom. The Hall–Kier alpha value is -3.09. The first-order valence-electron chi connectivity index (χ1n) is 10.6. The summed E-state index contributed by atoms with van der Waals surface area (Å²) in [6, 6.07) is 7.34. The second kappa shape index (κ2) is 9.37. The zero-order valence-corrected chi connectivity index (χ0v) is 18.6. The molecule has 0 amide bonds. The Balaban J connectivity index is 2.19. The molecule has 1 aromatic rings. The SMILES string of the molecule is CCOC(=O)C1=C(C)NC2=C(C(=O)[C@@H](C(=O)OC)[C@@H](C)C2)[C@@H]1c1cccc(OCC)c1. The lowest BCUT2D eigenvalue weighted by atomic mass is 9.69. The molecular weight excluding hydrogens is 398 g/mol. The molecule has 0 saturated heterocycles. The molecule has 0 radical (unpaired) electrons. The van der Waals surface area contributed by atoms with Gasteiger partial charge in [-0.1, -0.05) is 19.1 Å².